The molecule has 132 valence electrons. The first kappa shape index (κ1) is 17.1. The molecular weight excluding hydrogens is 328 g/mol. The van der Waals surface area contributed by atoms with Crippen molar-refractivity contribution in [2.24, 2.45) is 0 Å². The van der Waals surface area contributed by atoms with Crippen LogP contribution in [0.15, 0.2) is 72.8 Å². The molecule has 3 aromatic carbocycles. The maximum atomic E-state index is 4.77. The summed E-state index contributed by atoms with van der Waals surface area (Å²) in [5.41, 5.74) is 5.28. The Morgan fingerprint density at radius 3 is 1.81 bits per heavy atom. The van der Waals surface area contributed by atoms with E-state index in [0.29, 0.717) is 0 Å². The summed E-state index contributed by atoms with van der Waals surface area (Å²) in [5.74, 6) is 6.77. The number of para-hydroxylation sites is 2. The van der Waals surface area contributed by atoms with E-state index in [4.69, 9.17) is 4.98 Å². The molecule has 0 fully saturated rings. The van der Waals surface area contributed by atoms with Crippen LogP contribution in [0.25, 0.3) is 21.8 Å². The molecule has 0 atom stereocenters. The van der Waals surface area contributed by atoms with Crippen molar-refractivity contribution in [2.75, 3.05) is 18.0 Å². The van der Waals surface area contributed by atoms with Gasteiger partial charge in [-0.2, -0.15) is 0 Å². The lowest BCUT2D eigenvalue weighted by atomic mass is 10.0. The van der Waals surface area contributed by atoms with Gasteiger partial charge in [0, 0.05) is 40.7 Å². The Bertz CT molecular complexity index is 1090. The fourth-order valence-electron chi connectivity index (χ4n) is 3.45. The molecule has 0 N–H and O–H groups in total. The third-order valence-electron chi connectivity index (χ3n) is 4.92. The molecule has 1 heterocycles. The molecule has 4 aromatic rings. The van der Waals surface area contributed by atoms with E-state index in [0.717, 1.165) is 46.0 Å². The summed E-state index contributed by atoms with van der Waals surface area (Å²) in [4.78, 5) is 7.10. The number of anilines is 1. The second kappa shape index (κ2) is 7.51. The fraction of sp³-hybridized carbons (Fsp3) is 0.160. The van der Waals surface area contributed by atoms with Gasteiger partial charge >= 0.3 is 0 Å². The maximum Gasteiger partial charge on any atom is 0.0722 e. The van der Waals surface area contributed by atoms with Gasteiger partial charge in [0.1, 0.15) is 0 Å². The van der Waals surface area contributed by atoms with E-state index in [1.165, 1.54) is 5.69 Å². The zero-order valence-corrected chi connectivity index (χ0v) is 15.7. The lowest BCUT2D eigenvalue weighted by Gasteiger charge is -2.20. The lowest BCUT2D eigenvalue weighted by molar-refractivity contribution is 0.866. The van der Waals surface area contributed by atoms with Crippen LogP contribution in [0.3, 0.4) is 0 Å². The van der Waals surface area contributed by atoms with Crippen molar-refractivity contribution in [1.82, 2.24) is 4.98 Å². The molecular formula is C25H22N2. The second-order valence-electron chi connectivity index (χ2n) is 6.49. The summed E-state index contributed by atoms with van der Waals surface area (Å²) >= 11 is 0. The number of nitrogens with zero attached hydrogens (tertiary/aromatic N) is 2. The first-order valence-electron chi connectivity index (χ1n) is 9.44. The Morgan fingerprint density at radius 1 is 0.704 bits per heavy atom. The lowest BCUT2D eigenvalue weighted by Crippen LogP contribution is -2.21. The summed E-state index contributed by atoms with van der Waals surface area (Å²) in [6, 6.07) is 24.9. The fourth-order valence-corrected chi connectivity index (χ4v) is 3.45. The van der Waals surface area contributed by atoms with Gasteiger partial charge in [-0.1, -0.05) is 48.2 Å². The normalized spacial score (nSPS) is 10.6. The van der Waals surface area contributed by atoms with Crippen LogP contribution in [0, 0.1) is 11.8 Å². The van der Waals surface area contributed by atoms with Gasteiger partial charge in [-0.15, -0.1) is 0 Å². The van der Waals surface area contributed by atoms with Crippen molar-refractivity contribution in [1.29, 1.82) is 0 Å². The summed E-state index contributed by atoms with van der Waals surface area (Å²) < 4.78 is 0. The molecule has 0 aliphatic heterocycles. The highest BCUT2D eigenvalue weighted by molar-refractivity contribution is 6.00. The highest BCUT2D eigenvalue weighted by Crippen LogP contribution is 2.25. The quantitative estimate of drug-likeness (QED) is 0.351. The number of hydrogen-bond donors (Lipinski definition) is 0. The second-order valence-corrected chi connectivity index (χ2v) is 6.49. The molecule has 0 radical (unpaired) electrons. The van der Waals surface area contributed by atoms with Crippen LogP contribution in [0.2, 0.25) is 0 Å². The van der Waals surface area contributed by atoms with Gasteiger partial charge in [0.25, 0.3) is 0 Å². The zero-order chi connectivity index (χ0) is 18.6. The van der Waals surface area contributed by atoms with Gasteiger partial charge in [0.2, 0.25) is 0 Å². The van der Waals surface area contributed by atoms with Crippen molar-refractivity contribution < 1.29 is 0 Å². The highest BCUT2D eigenvalue weighted by Gasteiger charge is 2.06. The molecule has 0 spiro atoms. The summed E-state index contributed by atoms with van der Waals surface area (Å²) in [5, 5.41) is 2.20. The van der Waals surface area contributed by atoms with E-state index in [1.807, 2.05) is 36.4 Å². The van der Waals surface area contributed by atoms with Crippen LogP contribution in [-0.2, 0) is 0 Å². The Balaban J connectivity index is 1.80. The number of rotatable bonds is 3. The Labute approximate surface area is 160 Å². The molecule has 0 saturated carbocycles. The predicted octanol–water partition coefficient (Wildman–Crippen LogP) is 5.63. The summed E-state index contributed by atoms with van der Waals surface area (Å²) in [6.45, 7) is 6.38. The average molecular weight is 350 g/mol. The number of fused-ring (bicyclic) bond motifs is 2. The smallest absolute Gasteiger partial charge is 0.0722 e. The van der Waals surface area contributed by atoms with Crippen LogP contribution >= 0.6 is 0 Å². The summed E-state index contributed by atoms with van der Waals surface area (Å²) in [7, 11) is 0. The number of pyridine rings is 1. The van der Waals surface area contributed by atoms with Crippen LogP contribution < -0.4 is 4.90 Å². The minimum Gasteiger partial charge on any atom is -0.372 e. The molecule has 4 rings (SSSR count). The van der Waals surface area contributed by atoms with Gasteiger partial charge < -0.3 is 4.90 Å². The summed E-state index contributed by atoms with van der Waals surface area (Å²) in [6.07, 6.45) is 0. The molecule has 2 heteroatoms. The Hall–Kier alpha value is -3.31. The van der Waals surface area contributed by atoms with Gasteiger partial charge in [-0.3, -0.25) is 0 Å². The van der Waals surface area contributed by atoms with E-state index in [1.54, 1.807) is 0 Å². The van der Waals surface area contributed by atoms with E-state index in [9.17, 15) is 0 Å². The van der Waals surface area contributed by atoms with Crippen LogP contribution in [0.1, 0.15) is 25.0 Å². The molecule has 1 aromatic heterocycles. The Kier molecular flexibility index (Phi) is 4.77. The third kappa shape index (κ3) is 3.37. The molecule has 0 aliphatic rings. The van der Waals surface area contributed by atoms with Crippen LogP contribution in [0.5, 0.6) is 0 Å². The molecule has 2 nitrogen and oxygen atoms in total. The average Bonchev–Trinajstić information content (AvgIpc) is 2.73. The largest absolute Gasteiger partial charge is 0.372 e. The standard InChI is InChI=1S/C25H22N2/c1-3-27(4-2)20-16-13-19(14-17-20)15-18-21-22-9-5-7-11-24(22)26-25-12-8-6-10-23(21)25/h5-14,16-17H,3-4H2,1-2H3. The minimum absolute atomic E-state index is 0.984. The van der Waals surface area contributed by atoms with Gasteiger partial charge in [0.05, 0.1) is 11.0 Å². The number of hydrogen-bond acceptors (Lipinski definition) is 2. The zero-order valence-electron chi connectivity index (χ0n) is 15.7. The third-order valence-corrected chi connectivity index (χ3v) is 4.92. The van der Waals surface area contributed by atoms with E-state index >= 15 is 0 Å². The van der Waals surface area contributed by atoms with Crippen molar-refractivity contribution >= 4 is 27.5 Å². The van der Waals surface area contributed by atoms with Gasteiger partial charge in [0.15, 0.2) is 0 Å². The topological polar surface area (TPSA) is 16.1 Å². The van der Waals surface area contributed by atoms with E-state index in [-0.39, 0.29) is 0 Å². The van der Waals surface area contributed by atoms with Crippen molar-refractivity contribution in [3.8, 4) is 11.8 Å². The molecule has 0 aliphatic carbocycles. The Morgan fingerprint density at radius 2 is 1.26 bits per heavy atom. The highest BCUT2D eigenvalue weighted by atomic mass is 15.1. The maximum absolute atomic E-state index is 4.77. The molecule has 0 amide bonds. The van der Waals surface area contributed by atoms with Crippen LogP contribution in [0.4, 0.5) is 5.69 Å². The van der Waals surface area contributed by atoms with Gasteiger partial charge in [-0.05, 0) is 50.2 Å². The first-order chi connectivity index (χ1) is 13.3. The molecule has 27 heavy (non-hydrogen) atoms. The van der Waals surface area contributed by atoms with E-state index in [2.05, 4.69) is 67.0 Å². The first-order valence-corrected chi connectivity index (χ1v) is 9.44. The van der Waals surface area contributed by atoms with Crippen molar-refractivity contribution in [3.63, 3.8) is 0 Å². The molecule has 0 bridgehead atoms. The van der Waals surface area contributed by atoms with E-state index < -0.39 is 0 Å². The minimum atomic E-state index is 0.984. The van der Waals surface area contributed by atoms with Crippen molar-refractivity contribution in [2.45, 2.75) is 13.8 Å². The molecule has 0 saturated heterocycles. The number of aromatic nitrogens is 1. The number of benzene rings is 3. The van der Waals surface area contributed by atoms with Crippen molar-refractivity contribution in [3.05, 3.63) is 83.9 Å². The predicted molar refractivity (Wildman–Crippen MR) is 115 cm³/mol. The van der Waals surface area contributed by atoms with Crippen LogP contribution in [-0.4, -0.2) is 18.1 Å². The monoisotopic (exact) mass is 350 g/mol. The SMILES string of the molecule is CCN(CC)c1ccc(C#Cc2c3ccccc3nc3ccccc23)cc1. The van der Waals surface area contributed by atoms with Gasteiger partial charge in [-0.25, -0.2) is 4.98 Å². The molecule has 0 unspecified atom stereocenters.